The Labute approximate surface area is 206 Å². The van der Waals surface area contributed by atoms with E-state index in [9.17, 15) is 4.79 Å². The lowest BCUT2D eigenvalue weighted by molar-refractivity contribution is -0.135. The Morgan fingerprint density at radius 1 is 1.24 bits per heavy atom. The van der Waals surface area contributed by atoms with Gasteiger partial charge in [0.1, 0.15) is 11.7 Å². The number of halogens is 1. The summed E-state index contributed by atoms with van der Waals surface area (Å²) < 4.78 is 2.10. The number of piperidine rings is 1. The molecule has 1 saturated carbocycles. The van der Waals surface area contributed by atoms with Gasteiger partial charge in [0.25, 0.3) is 0 Å². The van der Waals surface area contributed by atoms with Crippen molar-refractivity contribution in [2.24, 2.45) is 18.7 Å². The fourth-order valence-electron chi connectivity index (χ4n) is 5.08. The molecule has 2 aromatic carbocycles. The van der Waals surface area contributed by atoms with Gasteiger partial charge in [-0.15, -0.1) is 12.4 Å². The van der Waals surface area contributed by atoms with Gasteiger partial charge in [0.05, 0.1) is 23.0 Å². The molecule has 1 aliphatic carbocycles. The number of benzene rings is 2. The minimum absolute atomic E-state index is 0. The smallest absolute Gasteiger partial charge is 0.233 e. The van der Waals surface area contributed by atoms with Crippen LogP contribution in [0, 0.1) is 11.3 Å². The van der Waals surface area contributed by atoms with E-state index in [1.54, 1.807) is 0 Å². The molecule has 3 aromatic rings. The van der Waals surface area contributed by atoms with Crippen LogP contribution >= 0.6 is 12.4 Å². The van der Waals surface area contributed by atoms with Gasteiger partial charge in [0.15, 0.2) is 0 Å². The predicted octanol–water partition coefficient (Wildman–Crippen LogP) is 4.18. The molecule has 1 aliphatic heterocycles. The second kappa shape index (κ2) is 9.29. The van der Waals surface area contributed by atoms with Crippen LogP contribution in [-0.2, 0) is 23.8 Å². The molecule has 1 amide bonds. The zero-order chi connectivity index (χ0) is 23.2. The van der Waals surface area contributed by atoms with Crippen molar-refractivity contribution in [3.63, 3.8) is 0 Å². The van der Waals surface area contributed by atoms with Crippen molar-refractivity contribution in [1.82, 2.24) is 14.5 Å². The molecule has 5 rings (SSSR count). The first kappa shape index (κ1) is 24.1. The number of anilines is 1. The number of aromatic nitrogens is 2. The highest BCUT2D eigenvalue weighted by molar-refractivity contribution is 5.95. The maximum atomic E-state index is 13.4. The van der Waals surface area contributed by atoms with E-state index in [0.29, 0.717) is 23.9 Å². The molecule has 4 N–H and O–H groups in total. The van der Waals surface area contributed by atoms with E-state index in [1.807, 2.05) is 31.3 Å². The third kappa shape index (κ3) is 4.37. The van der Waals surface area contributed by atoms with Crippen LogP contribution in [0.25, 0.3) is 11.0 Å². The number of amides is 1. The molecule has 0 radical (unpaired) electrons. The monoisotopic (exact) mass is 480 g/mol. The lowest BCUT2D eigenvalue weighted by atomic mass is 9.91. The summed E-state index contributed by atoms with van der Waals surface area (Å²) in [4.78, 5) is 20.4. The number of carbonyl (C=O) groups excluding carboxylic acids is 1. The van der Waals surface area contributed by atoms with Gasteiger partial charge in [-0.05, 0) is 73.6 Å². The Balaban J connectivity index is 0.00000274. The maximum absolute atomic E-state index is 13.4. The highest BCUT2D eigenvalue weighted by atomic mass is 35.5. The average molecular weight is 481 g/mol. The van der Waals surface area contributed by atoms with Crippen molar-refractivity contribution >= 4 is 40.9 Å². The minimum Gasteiger partial charge on any atom is -0.384 e. The van der Waals surface area contributed by atoms with Crippen LogP contribution in [0.2, 0.25) is 0 Å². The molecule has 34 heavy (non-hydrogen) atoms. The topological polar surface area (TPSA) is 100 Å². The Morgan fingerprint density at radius 3 is 2.62 bits per heavy atom. The van der Waals surface area contributed by atoms with Crippen LogP contribution in [0.5, 0.6) is 0 Å². The summed E-state index contributed by atoms with van der Waals surface area (Å²) >= 11 is 0. The summed E-state index contributed by atoms with van der Waals surface area (Å²) in [6.45, 7) is 4.59. The number of hydrogen-bond acceptors (Lipinski definition) is 4. The van der Waals surface area contributed by atoms with Crippen LogP contribution in [0.1, 0.15) is 49.6 Å². The van der Waals surface area contributed by atoms with Crippen LogP contribution in [0.15, 0.2) is 42.5 Å². The van der Waals surface area contributed by atoms with Gasteiger partial charge in [0.2, 0.25) is 5.91 Å². The minimum atomic E-state index is -0.348. The van der Waals surface area contributed by atoms with Crippen LogP contribution in [-0.4, -0.2) is 39.3 Å². The summed E-state index contributed by atoms with van der Waals surface area (Å²) in [5, 5.41) is 10.9. The van der Waals surface area contributed by atoms with Gasteiger partial charge < -0.3 is 20.5 Å². The first-order chi connectivity index (χ1) is 15.9. The van der Waals surface area contributed by atoms with Crippen LogP contribution in [0.4, 0.5) is 5.69 Å². The number of aryl methyl sites for hydroxylation is 1. The number of nitrogens with two attached hydrogens (primary N) is 1. The number of carbonyl (C=O) groups is 1. The number of nitrogen functional groups attached to an aromatic ring is 1. The van der Waals surface area contributed by atoms with E-state index in [2.05, 4.69) is 39.9 Å². The molecule has 0 bridgehead atoms. The number of rotatable bonds is 6. The first-order valence-electron chi connectivity index (χ1n) is 11.8. The lowest BCUT2D eigenvalue weighted by Crippen LogP contribution is -2.44. The SMILES string of the molecule is CC1CCCN(C(=O)C2(c3ccc4c(c3)nc(CNc3ccc(C(=N)N)cc3)n4C)CC2)C1.Cl. The van der Waals surface area contributed by atoms with E-state index < -0.39 is 0 Å². The third-order valence-electron chi connectivity index (χ3n) is 7.28. The Bertz CT molecular complexity index is 1210. The highest BCUT2D eigenvalue weighted by Crippen LogP contribution is 2.50. The third-order valence-corrected chi connectivity index (χ3v) is 7.28. The van der Waals surface area contributed by atoms with Crippen molar-refractivity contribution in [1.29, 1.82) is 5.41 Å². The number of hydrogen-bond donors (Lipinski definition) is 3. The molecule has 0 spiro atoms. The summed E-state index contributed by atoms with van der Waals surface area (Å²) in [7, 11) is 2.03. The molecule has 2 aliphatic rings. The van der Waals surface area contributed by atoms with E-state index in [0.717, 1.165) is 60.5 Å². The number of likely N-dealkylation sites (tertiary alicyclic amines) is 1. The first-order valence-corrected chi connectivity index (χ1v) is 11.8. The zero-order valence-electron chi connectivity index (χ0n) is 19.8. The van der Waals surface area contributed by atoms with Crippen molar-refractivity contribution < 1.29 is 4.79 Å². The van der Waals surface area contributed by atoms with Gasteiger partial charge in [-0.2, -0.15) is 0 Å². The lowest BCUT2D eigenvalue weighted by Gasteiger charge is -2.34. The largest absolute Gasteiger partial charge is 0.384 e. The fourth-order valence-corrected chi connectivity index (χ4v) is 5.08. The molecular weight excluding hydrogens is 448 g/mol. The second-order valence-corrected chi connectivity index (χ2v) is 9.72. The molecular formula is C26H33ClN6O. The number of nitrogens with one attached hydrogen (secondary N) is 2. The van der Waals surface area contributed by atoms with Gasteiger partial charge in [0, 0.05) is 31.4 Å². The fraction of sp³-hybridized carbons (Fsp3) is 0.423. The van der Waals surface area contributed by atoms with Gasteiger partial charge in [-0.1, -0.05) is 13.0 Å². The maximum Gasteiger partial charge on any atom is 0.233 e. The Kier molecular flexibility index (Phi) is 6.58. The van der Waals surface area contributed by atoms with Crippen molar-refractivity contribution in [2.75, 3.05) is 18.4 Å². The number of imidazole rings is 1. The summed E-state index contributed by atoms with van der Waals surface area (Å²) in [5.74, 6) is 1.89. The van der Waals surface area contributed by atoms with E-state index in [-0.39, 0.29) is 23.7 Å². The van der Waals surface area contributed by atoms with E-state index in [1.165, 1.54) is 6.42 Å². The van der Waals surface area contributed by atoms with Crippen LogP contribution in [0.3, 0.4) is 0 Å². The molecule has 1 saturated heterocycles. The molecule has 180 valence electrons. The summed E-state index contributed by atoms with van der Waals surface area (Å²) in [6.07, 6.45) is 4.18. The summed E-state index contributed by atoms with van der Waals surface area (Å²) in [6, 6.07) is 13.9. The second-order valence-electron chi connectivity index (χ2n) is 9.72. The molecule has 7 nitrogen and oxygen atoms in total. The average Bonchev–Trinajstić information content (AvgIpc) is 3.57. The quantitative estimate of drug-likeness (QED) is 0.364. The number of nitrogens with zero attached hydrogens (tertiary/aromatic N) is 3. The molecule has 1 unspecified atom stereocenters. The van der Waals surface area contributed by atoms with Gasteiger partial charge >= 0.3 is 0 Å². The molecule has 1 aromatic heterocycles. The number of fused-ring (bicyclic) bond motifs is 1. The molecule has 2 fully saturated rings. The zero-order valence-corrected chi connectivity index (χ0v) is 20.6. The molecule has 1 atom stereocenters. The van der Waals surface area contributed by atoms with Gasteiger partial charge in [-0.25, -0.2) is 4.98 Å². The van der Waals surface area contributed by atoms with E-state index >= 15 is 0 Å². The summed E-state index contributed by atoms with van der Waals surface area (Å²) in [5.41, 5.74) is 9.95. The van der Waals surface area contributed by atoms with Crippen LogP contribution < -0.4 is 11.1 Å². The van der Waals surface area contributed by atoms with Crippen molar-refractivity contribution in [3.8, 4) is 0 Å². The standard InChI is InChI=1S/C26H32N6O.ClH/c1-17-4-3-13-32(16-17)25(33)26(11-12-26)19-7-10-22-21(14-19)30-23(31(22)2)15-29-20-8-5-18(6-9-20)24(27)28;/h5-10,14,17,29H,3-4,11-13,15-16H2,1-2H3,(H3,27,28);1H. The van der Waals surface area contributed by atoms with Crippen molar-refractivity contribution in [2.45, 2.75) is 44.6 Å². The molecule has 2 heterocycles. The predicted molar refractivity (Wildman–Crippen MR) is 139 cm³/mol. The Hall–Kier alpha value is -3.06. The molecule has 8 heteroatoms. The Morgan fingerprint density at radius 2 is 1.97 bits per heavy atom. The number of amidine groups is 1. The van der Waals surface area contributed by atoms with Gasteiger partial charge in [-0.3, -0.25) is 10.2 Å². The normalized spacial score (nSPS) is 18.9. The highest BCUT2D eigenvalue weighted by Gasteiger charge is 2.53. The van der Waals surface area contributed by atoms with Crippen molar-refractivity contribution in [3.05, 3.63) is 59.4 Å². The van der Waals surface area contributed by atoms with E-state index in [4.69, 9.17) is 16.1 Å².